The van der Waals surface area contributed by atoms with Crippen LogP contribution in [0.25, 0.3) is 11.1 Å². The van der Waals surface area contributed by atoms with Crippen molar-refractivity contribution < 1.29 is 19.0 Å². The van der Waals surface area contributed by atoms with Crippen molar-refractivity contribution in [3.63, 3.8) is 0 Å². The van der Waals surface area contributed by atoms with Crippen LogP contribution in [0, 0.1) is 11.3 Å². The Bertz CT molecular complexity index is 1010. The number of carbonyl (C=O) groups is 1. The summed E-state index contributed by atoms with van der Waals surface area (Å²) in [6.45, 7) is 6.49. The Hall–Kier alpha value is -3.03. The molecule has 0 spiro atoms. The summed E-state index contributed by atoms with van der Waals surface area (Å²) in [6, 6.07) is 17.5. The number of nitrogens with two attached hydrogens (primary N) is 1. The maximum atomic E-state index is 12.1. The number of imidazole rings is 1. The van der Waals surface area contributed by atoms with Crippen LogP contribution in [-0.4, -0.2) is 34.7 Å². The number of nitrogens with zero attached hydrogens (tertiary/aromatic N) is 2. The molecule has 0 radical (unpaired) electrons. The third-order valence-electron chi connectivity index (χ3n) is 5.55. The van der Waals surface area contributed by atoms with Gasteiger partial charge in [0.1, 0.15) is 12.1 Å². The van der Waals surface area contributed by atoms with Crippen LogP contribution >= 0.6 is 11.6 Å². The highest BCUT2D eigenvalue weighted by atomic mass is 35.5. The Morgan fingerprint density at radius 2 is 1.79 bits per heavy atom. The van der Waals surface area contributed by atoms with Crippen LogP contribution in [0.2, 0.25) is 0 Å². The first kappa shape index (κ1) is 24.6. The molecule has 33 heavy (non-hydrogen) atoms. The van der Waals surface area contributed by atoms with Gasteiger partial charge in [0.15, 0.2) is 0 Å². The fourth-order valence-electron chi connectivity index (χ4n) is 3.70. The molecule has 3 aromatic rings. The predicted octanol–water partition coefficient (Wildman–Crippen LogP) is 5.25. The van der Waals surface area contributed by atoms with Crippen molar-refractivity contribution in [1.29, 1.82) is 0 Å². The van der Waals surface area contributed by atoms with Crippen molar-refractivity contribution in [2.24, 2.45) is 17.1 Å². The molecular weight excluding hydrogens is 442 g/mol. The molecule has 7 nitrogen and oxygen atoms in total. The van der Waals surface area contributed by atoms with Gasteiger partial charge < -0.3 is 19.9 Å². The number of alkyl halides is 1. The van der Waals surface area contributed by atoms with E-state index in [-0.39, 0.29) is 12.5 Å². The van der Waals surface area contributed by atoms with E-state index in [0.717, 1.165) is 11.1 Å². The molecule has 2 atom stereocenters. The van der Waals surface area contributed by atoms with Gasteiger partial charge in [-0.15, -0.1) is 11.6 Å². The van der Waals surface area contributed by atoms with Gasteiger partial charge in [-0.2, -0.15) is 0 Å². The average molecular weight is 472 g/mol. The molecule has 1 aromatic heterocycles. The summed E-state index contributed by atoms with van der Waals surface area (Å²) >= 11 is 6.35. The minimum absolute atomic E-state index is 0.212. The van der Waals surface area contributed by atoms with Crippen LogP contribution in [0.15, 0.2) is 73.3 Å². The number of primary amides is 1. The van der Waals surface area contributed by atoms with E-state index in [2.05, 4.69) is 4.98 Å². The molecule has 1 amide bonds. The number of hydrogen-bond donors (Lipinski definition) is 1. The SMILES string of the molecule is CCOCC(C(C)(C)CCl)C(OC(N)=O)(Oc1ccc(-c2ccccc2)cc1)n1ccnc1. The predicted molar refractivity (Wildman–Crippen MR) is 128 cm³/mol. The molecule has 0 aliphatic rings. The van der Waals surface area contributed by atoms with Gasteiger partial charge in [-0.1, -0.05) is 56.3 Å². The number of carbonyl (C=O) groups excluding carboxylic acids is 1. The normalized spacial score (nSPS) is 14.3. The number of ether oxygens (including phenoxy) is 3. The monoisotopic (exact) mass is 471 g/mol. The molecule has 1 heterocycles. The second-order valence-electron chi connectivity index (χ2n) is 8.35. The van der Waals surface area contributed by atoms with Gasteiger partial charge in [0.2, 0.25) is 0 Å². The summed E-state index contributed by atoms with van der Waals surface area (Å²) in [5.41, 5.74) is 7.08. The summed E-state index contributed by atoms with van der Waals surface area (Å²) in [6.07, 6.45) is 3.76. The van der Waals surface area contributed by atoms with E-state index < -0.39 is 23.3 Å². The number of hydrogen-bond acceptors (Lipinski definition) is 5. The Balaban J connectivity index is 2.08. The number of benzene rings is 2. The Kier molecular flexibility index (Phi) is 8.00. The first-order valence-corrected chi connectivity index (χ1v) is 11.3. The van der Waals surface area contributed by atoms with Crippen LogP contribution in [0.3, 0.4) is 0 Å². The lowest BCUT2D eigenvalue weighted by atomic mass is 9.78. The fraction of sp³-hybridized carbons (Fsp3) is 0.360. The molecule has 176 valence electrons. The molecule has 2 unspecified atom stereocenters. The van der Waals surface area contributed by atoms with Gasteiger partial charge in [-0.25, -0.2) is 9.78 Å². The summed E-state index contributed by atoms with van der Waals surface area (Å²) in [5, 5.41) is 0. The summed E-state index contributed by atoms with van der Waals surface area (Å²) in [5.74, 6) is -1.46. The van der Waals surface area contributed by atoms with Gasteiger partial charge in [0.05, 0.1) is 12.5 Å². The second kappa shape index (κ2) is 10.7. The molecule has 0 saturated carbocycles. The zero-order valence-corrected chi connectivity index (χ0v) is 19.9. The molecule has 3 rings (SSSR count). The molecule has 2 N–H and O–H groups in total. The highest BCUT2D eigenvalue weighted by Crippen LogP contribution is 2.43. The van der Waals surface area contributed by atoms with Gasteiger partial charge >= 0.3 is 12.0 Å². The lowest BCUT2D eigenvalue weighted by molar-refractivity contribution is -0.270. The molecule has 8 heteroatoms. The van der Waals surface area contributed by atoms with E-state index >= 15 is 0 Å². The van der Waals surface area contributed by atoms with Gasteiger partial charge in [-0.05, 0) is 35.6 Å². The molecule has 0 fully saturated rings. The van der Waals surface area contributed by atoms with E-state index in [1.165, 1.54) is 6.33 Å². The molecule has 0 bridgehead atoms. The molecule has 0 aliphatic heterocycles. The third-order valence-corrected chi connectivity index (χ3v) is 6.24. The van der Waals surface area contributed by atoms with E-state index in [9.17, 15) is 4.79 Å². The number of aromatic nitrogens is 2. The van der Waals surface area contributed by atoms with Crippen LogP contribution < -0.4 is 10.5 Å². The smallest absolute Gasteiger partial charge is 0.409 e. The van der Waals surface area contributed by atoms with E-state index in [0.29, 0.717) is 12.4 Å². The molecular formula is C25H30ClN3O4. The highest BCUT2D eigenvalue weighted by molar-refractivity contribution is 6.18. The van der Waals surface area contributed by atoms with Crippen molar-refractivity contribution in [2.45, 2.75) is 26.7 Å². The number of halogens is 1. The average Bonchev–Trinajstić information content (AvgIpc) is 3.35. The van der Waals surface area contributed by atoms with Crippen molar-refractivity contribution >= 4 is 17.7 Å². The van der Waals surface area contributed by atoms with Crippen LogP contribution in [-0.2, 0) is 15.4 Å². The minimum atomic E-state index is -1.68. The van der Waals surface area contributed by atoms with E-state index in [1.54, 1.807) is 17.0 Å². The standard InChI is InChI=1S/C25H30ClN3O4/c1-4-31-16-22(24(2,3)17-26)25(33-23(27)30,29-15-14-28-18-29)32-21-12-10-20(11-13-21)19-8-6-5-7-9-19/h5-15,18,22H,4,16-17H2,1-3H3,(H2,27,30). The summed E-state index contributed by atoms with van der Waals surface area (Å²) in [4.78, 5) is 16.3. The molecule has 2 aromatic carbocycles. The number of rotatable bonds is 11. The lowest BCUT2D eigenvalue weighted by Gasteiger charge is -2.45. The van der Waals surface area contributed by atoms with Crippen LogP contribution in [0.1, 0.15) is 20.8 Å². The van der Waals surface area contributed by atoms with Crippen molar-refractivity contribution in [3.05, 3.63) is 73.3 Å². The van der Waals surface area contributed by atoms with Crippen LogP contribution in [0.5, 0.6) is 5.75 Å². The third kappa shape index (κ3) is 5.67. The topological polar surface area (TPSA) is 88.6 Å². The van der Waals surface area contributed by atoms with Gasteiger partial charge in [-0.3, -0.25) is 4.57 Å². The maximum Gasteiger partial charge on any atom is 0.409 e. The summed E-state index contributed by atoms with van der Waals surface area (Å²) < 4.78 is 19.6. The first-order chi connectivity index (χ1) is 15.8. The highest BCUT2D eigenvalue weighted by Gasteiger charge is 2.54. The maximum absolute atomic E-state index is 12.1. The number of amides is 1. The van der Waals surface area contributed by atoms with Crippen LogP contribution in [0.4, 0.5) is 4.79 Å². The zero-order valence-electron chi connectivity index (χ0n) is 19.1. The fourth-order valence-corrected chi connectivity index (χ4v) is 3.89. The Morgan fingerprint density at radius 3 is 2.33 bits per heavy atom. The lowest BCUT2D eigenvalue weighted by Crippen LogP contribution is -2.57. The second-order valence-corrected chi connectivity index (χ2v) is 8.62. The van der Waals surface area contributed by atoms with Crippen molar-refractivity contribution in [2.75, 3.05) is 19.1 Å². The van der Waals surface area contributed by atoms with Crippen molar-refractivity contribution in [1.82, 2.24) is 9.55 Å². The van der Waals surface area contributed by atoms with E-state index in [4.69, 9.17) is 31.5 Å². The Labute approximate surface area is 199 Å². The summed E-state index contributed by atoms with van der Waals surface area (Å²) in [7, 11) is 0. The minimum Gasteiger partial charge on any atom is -0.434 e. The molecule has 0 saturated heterocycles. The zero-order chi connectivity index (χ0) is 23.9. The van der Waals surface area contributed by atoms with E-state index in [1.807, 2.05) is 75.4 Å². The quantitative estimate of drug-likeness (QED) is 0.304. The Morgan fingerprint density at radius 1 is 1.12 bits per heavy atom. The van der Waals surface area contributed by atoms with Gasteiger partial charge in [0.25, 0.3) is 0 Å². The first-order valence-electron chi connectivity index (χ1n) is 10.8. The molecule has 0 aliphatic carbocycles. The van der Waals surface area contributed by atoms with Crippen molar-refractivity contribution in [3.8, 4) is 16.9 Å². The largest absolute Gasteiger partial charge is 0.434 e. The van der Waals surface area contributed by atoms with Gasteiger partial charge in [0, 0.05) is 24.9 Å².